The fraction of sp³-hybridized carbons (Fsp3) is 0.133. The first-order valence-corrected chi connectivity index (χ1v) is 13.0. The number of para-hydroxylation sites is 1. The molecule has 6 nitrogen and oxygen atoms in total. The maximum atomic E-state index is 12.9. The average Bonchev–Trinajstić information content (AvgIpc) is 3.41. The third kappa shape index (κ3) is 4.93. The van der Waals surface area contributed by atoms with Crippen molar-refractivity contribution in [3.63, 3.8) is 0 Å². The Kier molecular flexibility index (Phi) is 6.66. The van der Waals surface area contributed by atoms with E-state index in [4.69, 9.17) is 37.8 Å². The van der Waals surface area contributed by atoms with Crippen molar-refractivity contribution in [2.75, 3.05) is 23.5 Å². The number of amides is 1. The summed E-state index contributed by atoms with van der Waals surface area (Å²) in [4.78, 5) is 12.9. The van der Waals surface area contributed by atoms with Crippen LogP contribution >= 0.6 is 23.2 Å². The van der Waals surface area contributed by atoms with Crippen molar-refractivity contribution in [1.29, 1.82) is 0 Å². The van der Waals surface area contributed by atoms with Crippen molar-refractivity contribution in [1.82, 2.24) is 0 Å². The fourth-order valence-corrected chi connectivity index (χ4v) is 4.95. The van der Waals surface area contributed by atoms with E-state index in [2.05, 4.69) is 11.4 Å². The molecule has 0 saturated heterocycles. The lowest BCUT2D eigenvalue weighted by molar-refractivity contribution is 0.102. The van der Waals surface area contributed by atoms with Gasteiger partial charge in [-0.05, 0) is 66.2 Å². The van der Waals surface area contributed by atoms with E-state index in [1.165, 1.54) is 0 Å². The summed E-state index contributed by atoms with van der Waals surface area (Å²) >= 11 is 12.1. The molecule has 0 radical (unpaired) electrons. The number of nitrogens with zero attached hydrogens (tertiary/aromatic N) is 2. The first-order chi connectivity index (χ1) is 18.5. The lowest BCUT2D eigenvalue weighted by Crippen LogP contribution is -2.19. The maximum Gasteiger partial charge on any atom is 0.255 e. The summed E-state index contributed by atoms with van der Waals surface area (Å²) < 4.78 is 11.5. The van der Waals surface area contributed by atoms with E-state index in [1.807, 2.05) is 71.7 Å². The Morgan fingerprint density at radius 1 is 0.842 bits per heavy atom. The van der Waals surface area contributed by atoms with Gasteiger partial charge in [0.25, 0.3) is 5.91 Å². The molecule has 0 aromatic heterocycles. The van der Waals surface area contributed by atoms with Crippen LogP contribution in [0.1, 0.15) is 33.9 Å². The molecule has 8 heteroatoms. The van der Waals surface area contributed by atoms with Crippen molar-refractivity contribution >= 4 is 46.2 Å². The normalized spacial score (nSPS) is 16.2. The van der Waals surface area contributed by atoms with Gasteiger partial charge in [-0.15, -0.1) is 0 Å². The molecule has 0 bridgehead atoms. The van der Waals surface area contributed by atoms with Crippen LogP contribution in [0.25, 0.3) is 0 Å². The van der Waals surface area contributed by atoms with Crippen LogP contribution in [-0.2, 0) is 0 Å². The average molecular weight is 544 g/mol. The second kappa shape index (κ2) is 10.4. The number of nitrogens with one attached hydrogen (secondary N) is 1. The summed E-state index contributed by atoms with van der Waals surface area (Å²) in [6.45, 7) is 1.08. The van der Waals surface area contributed by atoms with Crippen LogP contribution in [0.4, 0.5) is 11.4 Å². The third-order valence-corrected chi connectivity index (χ3v) is 7.26. The van der Waals surface area contributed by atoms with Gasteiger partial charge in [0, 0.05) is 23.2 Å². The Balaban J connectivity index is 1.30. The number of carbonyl (C=O) groups excluding carboxylic acids is 1. The summed E-state index contributed by atoms with van der Waals surface area (Å²) in [5, 5.41) is 10.8. The van der Waals surface area contributed by atoms with Gasteiger partial charge in [0.15, 0.2) is 11.5 Å². The van der Waals surface area contributed by atoms with Gasteiger partial charge in [-0.3, -0.25) is 9.80 Å². The van der Waals surface area contributed by atoms with Gasteiger partial charge in [0.1, 0.15) is 13.2 Å². The summed E-state index contributed by atoms with van der Waals surface area (Å²) in [6, 6.07) is 28.6. The summed E-state index contributed by atoms with van der Waals surface area (Å²) in [7, 11) is 0. The van der Waals surface area contributed by atoms with E-state index >= 15 is 0 Å². The number of rotatable bonds is 5. The molecular weight excluding hydrogens is 521 g/mol. The quantitative estimate of drug-likeness (QED) is 0.285. The number of hydrazone groups is 1. The minimum atomic E-state index is -0.264. The molecule has 6 rings (SSSR count). The number of fused-ring (bicyclic) bond motifs is 1. The Hall–Kier alpha value is -4.00. The lowest BCUT2D eigenvalue weighted by Gasteiger charge is -2.24. The van der Waals surface area contributed by atoms with Crippen LogP contribution in [0.3, 0.4) is 0 Å². The first kappa shape index (κ1) is 24.3. The fourth-order valence-electron chi connectivity index (χ4n) is 4.65. The van der Waals surface area contributed by atoms with Gasteiger partial charge < -0.3 is 14.8 Å². The molecule has 4 aromatic rings. The van der Waals surface area contributed by atoms with Crippen molar-refractivity contribution in [2.24, 2.45) is 5.10 Å². The van der Waals surface area contributed by atoms with E-state index in [9.17, 15) is 4.79 Å². The number of hydrogen-bond donors (Lipinski definition) is 1. The second-order valence-corrected chi connectivity index (χ2v) is 9.83. The predicted octanol–water partition coefficient (Wildman–Crippen LogP) is 7.37. The Labute approximate surface area is 230 Å². The Bertz CT molecular complexity index is 1540. The van der Waals surface area contributed by atoms with E-state index in [-0.39, 0.29) is 11.9 Å². The summed E-state index contributed by atoms with van der Waals surface area (Å²) in [5.41, 5.74) is 5.05. The zero-order valence-electron chi connectivity index (χ0n) is 20.2. The molecule has 0 fully saturated rings. The predicted molar refractivity (Wildman–Crippen MR) is 151 cm³/mol. The maximum absolute atomic E-state index is 12.9. The van der Waals surface area contributed by atoms with Crippen LogP contribution < -0.4 is 19.8 Å². The highest BCUT2D eigenvalue weighted by molar-refractivity contribution is 6.42. The van der Waals surface area contributed by atoms with Crippen LogP contribution in [0.2, 0.25) is 10.0 Å². The van der Waals surface area contributed by atoms with Gasteiger partial charge in [-0.2, -0.15) is 5.10 Å². The molecule has 0 saturated carbocycles. The number of carbonyl (C=O) groups is 1. The highest BCUT2D eigenvalue weighted by atomic mass is 35.5. The smallest absolute Gasteiger partial charge is 0.255 e. The molecular formula is C30H23Cl2N3O3. The molecule has 0 spiro atoms. The van der Waals surface area contributed by atoms with Crippen LogP contribution in [0.15, 0.2) is 96.1 Å². The van der Waals surface area contributed by atoms with Crippen molar-refractivity contribution in [3.8, 4) is 11.5 Å². The second-order valence-electron chi connectivity index (χ2n) is 9.01. The molecule has 2 aliphatic heterocycles. The van der Waals surface area contributed by atoms with Gasteiger partial charge in [-0.25, -0.2) is 0 Å². The van der Waals surface area contributed by atoms with Crippen LogP contribution in [0.5, 0.6) is 11.5 Å². The number of hydrogen-bond acceptors (Lipinski definition) is 5. The first-order valence-electron chi connectivity index (χ1n) is 12.2. The Morgan fingerprint density at radius 2 is 1.66 bits per heavy atom. The van der Waals surface area contributed by atoms with Gasteiger partial charge in [0.05, 0.1) is 27.5 Å². The van der Waals surface area contributed by atoms with Gasteiger partial charge in [-0.1, -0.05) is 53.5 Å². The largest absolute Gasteiger partial charge is 0.486 e. The molecule has 38 heavy (non-hydrogen) atoms. The minimum absolute atomic E-state index is 0.0672. The molecule has 0 aliphatic carbocycles. The molecule has 1 N–H and O–H groups in total. The zero-order valence-corrected chi connectivity index (χ0v) is 21.7. The minimum Gasteiger partial charge on any atom is -0.486 e. The highest BCUT2D eigenvalue weighted by Gasteiger charge is 2.31. The number of anilines is 2. The number of halogens is 2. The SMILES string of the molecule is O=C(Nc1cccc(C2CC(c3ccc4c(c3)OCCO4)=NN2c2ccccc2)c1)c1ccc(Cl)c(Cl)c1. The van der Waals surface area contributed by atoms with Crippen LogP contribution in [0, 0.1) is 0 Å². The third-order valence-electron chi connectivity index (χ3n) is 6.52. The number of ether oxygens (including phenoxy) is 2. The topological polar surface area (TPSA) is 63.2 Å². The molecule has 1 atom stereocenters. The zero-order chi connectivity index (χ0) is 26.1. The molecule has 1 unspecified atom stereocenters. The molecule has 4 aromatic carbocycles. The standard InChI is InChI=1S/C30H23Cl2N3O3/c31-24-11-9-21(16-25(24)32)30(36)33-22-6-4-5-20(15-22)27-18-26(34-35(27)23-7-2-1-3-8-23)19-10-12-28-29(17-19)38-14-13-37-28/h1-12,15-17,27H,13-14,18H2,(H,33,36). The molecule has 1 amide bonds. The Morgan fingerprint density at radius 3 is 2.47 bits per heavy atom. The van der Waals surface area contributed by atoms with E-state index < -0.39 is 0 Å². The van der Waals surface area contributed by atoms with E-state index in [0.29, 0.717) is 40.9 Å². The van der Waals surface area contributed by atoms with Crippen molar-refractivity contribution < 1.29 is 14.3 Å². The van der Waals surface area contributed by atoms with Crippen molar-refractivity contribution in [2.45, 2.75) is 12.5 Å². The summed E-state index contributed by atoms with van der Waals surface area (Å²) in [6.07, 6.45) is 0.679. The molecule has 2 heterocycles. The number of benzene rings is 4. The molecule has 2 aliphatic rings. The van der Waals surface area contributed by atoms with Crippen molar-refractivity contribution in [3.05, 3.63) is 118 Å². The lowest BCUT2D eigenvalue weighted by atomic mass is 9.97. The van der Waals surface area contributed by atoms with Gasteiger partial charge in [0.2, 0.25) is 0 Å². The monoisotopic (exact) mass is 543 g/mol. The van der Waals surface area contributed by atoms with E-state index in [0.717, 1.165) is 34.0 Å². The van der Waals surface area contributed by atoms with E-state index in [1.54, 1.807) is 18.2 Å². The molecule has 190 valence electrons. The van der Waals surface area contributed by atoms with Crippen LogP contribution in [-0.4, -0.2) is 24.8 Å². The highest BCUT2D eigenvalue weighted by Crippen LogP contribution is 2.39. The van der Waals surface area contributed by atoms with Gasteiger partial charge >= 0.3 is 0 Å². The summed E-state index contributed by atoms with van der Waals surface area (Å²) in [5.74, 6) is 1.22.